The highest BCUT2D eigenvalue weighted by Gasteiger charge is 2.45. The van der Waals surface area contributed by atoms with Gasteiger partial charge in [0.15, 0.2) is 11.6 Å². The fourth-order valence-electron chi connectivity index (χ4n) is 8.31. The zero-order valence-corrected chi connectivity index (χ0v) is 29.1. The van der Waals surface area contributed by atoms with Crippen molar-refractivity contribution in [2.24, 2.45) is 0 Å². The summed E-state index contributed by atoms with van der Waals surface area (Å²) in [7, 11) is 0. The molecule has 8 aromatic rings. The first-order valence-corrected chi connectivity index (χ1v) is 17.9. The topological polar surface area (TPSA) is 86.2 Å². The fourth-order valence-corrected chi connectivity index (χ4v) is 8.31. The molecule has 4 nitrogen and oxygen atoms in total. The van der Waals surface area contributed by atoms with Gasteiger partial charge in [0.05, 0.1) is 5.41 Å². The molecule has 53 heavy (non-hydrogen) atoms. The van der Waals surface area contributed by atoms with Crippen LogP contribution in [0.3, 0.4) is 0 Å². The summed E-state index contributed by atoms with van der Waals surface area (Å²) in [6, 6.07) is 57.3. The summed E-state index contributed by atoms with van der Waals surface area (Å²) < 4.78 is 0. The van der Waals surface area contributed by atoms with Crippen molar-refractivity contribution in [2.45, 2.75) is 18.3 Å². The first-order valence-electron chi connectivity index (χ1n) is 17.9. The highest BCUT2D eigenvalue weighted by molar-refractivity contribution is 6.04. The molecule has 0 bridgehead atoms. The Balaban J connectivity index is 1.06. The van der Waals surface area contributed by atoms with Crippen LogP contribution in [0.5, 0.6) is 0 Å². The summed E-state index contributed by atoms with van der Waals surface area (Å²) in [5.74, 6) is 0.123. The first kappa shape index (κ1) is 32.1. The second-order valence-electron chi connectivity index (χ2n) is 14.0. The molecule has 0 amide bonds. The molecular weight excluding hydrogens is 649 g/mol. The van der Waals surface area contributed by atoms with Crippen molar-refractivity contribution in [3.63, 3.8) is 0 Å². The highest BCUT2D eigenvalue weighted by atomic mass is 16.1. The maximum absolute atomic E-state index is 13.5. The minimum absolute atomic E-state index is 0.0614. The lowest BCUT2D eigenvalue weighted by atomic mass is 9.67. The molecular formula is C49H36N2O2. The molecule has 254 valence electrons. The minimum Gasteiger partial charge on any atom is -0.398 e. The third-order valence-corrected chi connectivity index (χ3v) is 10.9. The number of hydrogen-bond donors (Lipinski definition) is 2. The van der Waals surface area contributed by atoms with E-state index in [0.717, 1.165) is 43.8 Å². The summed E-state index contributed by atoms with van der Waals surface area (Å²) in [6.45, 7) is 0. The second kappa shape index (κ2) is 12.8. The van der Waals surface area contributed by atoms with Gasteiger partial charge in [0, 0.05) is 46.1 Å². The zero-order chi connectivity index (χ0) is 36.1. The Morgan fingerprint density at radius 3 is 1.28 bits per heavy atom. The van der Waals surface area contributed by atoms with Crippen LogP contribution in [-0.2, 0) is 18.3 Å². The average Bonchev–Trinajstić information content (AvgIpc) is 3.49. The van der Waals surface area contributed by atoms with E-state index in [-0.39, 0.29) is 11.6 Å². The van der Waals surface area contributed by atoms with Crippen molar-refractivity contribution in [3.8, 4) is 11.1 Å². The first-order chi connectivity index (χ1) is 25.9. The molecule has 0 fully saturated rings. The molecule has 4 heteroatoms. The van der Waals surface area contributed by atoms with Crippen LogP contribution >= 0.6 is 0 Å². The lowest BCUT2D eigenvalue weighted by molar-refractivity contribution is 0.0985. The number of carbonyl (C=O) groups is 2. The number of benzene rings is 8. The van der Waals surface area contributed by atoms with Crippen molar-refractivity contribution in [1.82, 2.24) is 0 Å². The van der Waals surface area contributed by atoms with E-state index in [1.165, 1.54) is 22.3 Å². The Morgan fingerprint density at radius 2 is 0.849 bits per heavy atom. The number of carbonyl (C=O) groups excluding carboxylic acids is 2. The summed E-state index contributed by atoms with van der Waals surface area (Å²) in [5, 5.41) is 3.82. The molecule has 0 atom stereocenters. The summed E-state index contributed by atoms with van der Waals surface area (Å²) >= 11 is 0. The van der Waals surface area contributed by atoms with Gasteiger partial charge in [0.1, 0.15) is 0 Å². The largest absolute Gasteiger partial charge is 0.398 e. The Morgan fingerprint density at radius 1 is 0.434 bits per heavy atom. The van der Waals surface area contributed by atoms with E-state index in [1.807, 2.05) is 72.8 Å². The van der Waals surface area contributed by atoms with Crippen molar-refractivity contribution < 1.29 is 9.59 Å². The minimum atomic E-state index is -0.588. The molecule has 0 radical (unpaired) electrons. The van der Waals surface area contributed by atoms with E-state index in [2.05, 4.69) is 97.1 Å². The smallest absolute Gasteiger partial charge is 0.167 e. The van der Waals surface area contributed by atoms with Gasteiger partial charge < -0.3 is 11.5 Å². The summed E-state index contributed by atoms with van der Waals surface area (Å²) in [5.41, 5.74) is 23.4. The van der Waals surface area contributed by atoms with E-state index in [1.54, 1.807) is 0 Å². The van der Waals surface area contributed by atoms with E-state index in [0.29, 0.717) is 35.3 Å². The number of rotatable bonds is 8. The molecule has 1 aliphatic rings. The molecule has 0 heterocycles. The third kappa shape index (κ3) is 5.39. The molecule has 9 rings (SSSR count). The number of fused-ring (bicyclic) bond motifs is 5. The van der Waals surface area contributed by atoms with Crippen LogP contribution in [0.15, 0.2) is 170 Å². The van der Waals surface area contributed by atoms with Crippen LogP contribution in [0.4, 0.5) is 11.4 Å². The van der Waals surface area contributed by atoms with Gasteiger partial charge in [-0.15, -0.1) is 0 Å². The number of anilines is 2. The molecule has 1 aliphatic carbocycles. The molecule has 4 N–H and O–H groups in total. The summed E-state index contributed by atoms with van der Waals surface area (Å²) in [4.78, 5) is 27.0. The van der Waals surface area contributed by atoms with Gasteiger partial charge in [-0.25, -0.2) is 0 Å². The lowest BCUT2D eigenvalue weighted by Gasteiger charge is -2.34. The third-order valence-electron chi connectivity index (χ3n) is 10.9. The Hall–Kier alpha value is -6.78. The van der Waals surface area contributed by atoms with Gasteiger partial charge in [-0.1, -0.05) is 146 Å². The van der Waals surface area contributed by atoms with E-state index in [9.17, 15) is 9.59 Å². The van der Waals surface area contributed by atoms with Crippen LogP contribution < -0.4 is 11.5 Å². The maximum Gasteiger partial charge on any atom is 0.167 e. The van der Waals surface area contributed by atoms with Crippen molar-refractivity contribution in [3.05, 3.63) is 214 Å². The maximum atomic E-state index is 13.5. The van der Waals surface area contributed by atoms with Crippen molar-refractivity contribution >= 4 is 44.5 Å². The van der Waals surface area contributed by atoms with Gasteiger partial charge in [0.2, 0.25) is 0 Å². The molecule has 0 aliphatic heterocycles. The second-order valence-corrected chi connectivity index (χ2v) is 14.0. The predicted molar refractivity (Wildman–Crippen MR) is 217 cm³/mol. The Labute approximate surface area is 308 Å². The SMILES string of the molecule is Nc1cccc2cc(C(=O)Cc3ccc(C4(c5ccc(CC(=O)c6ccc7c(N)cccc7c6)cc5)c5ccccc5-c5ccccc54)cc3)ccc12. The van der Waals surface area contributed by atoms with E-state index < -0.39 is 5.41 Å². The van der Waals surface area contributed by atoms with E-state index in [4.69, 9.17) is 11.5 Å². The average molecular weight is 685 g/mol. The van der Waals surface area contributed by atoms with Gasteiger partial charge in [0.25, 0.3) is 0 Å². The number of hydrogen-bond acceptors (Lipinski definition) is 4. The van der Waals surface area contributed by atoms with Gasteiger partial charge in [-0.3, -0.25) is 9.59 Å². The van der Waals surface area contributed by atoms with Gasteiger partial charge >= 0.3 is 0 Å². The number of ketones is 2. The Kier molecular flexibility index (Phi) is 7.74. The Bertz CT molecular complexity index is 2540. The predicted octanol–water partition coefficient (Wildman–Crippen LogP) is 10.4. The fraction of sp³-hybridized carbons (Fsp3) is 0.0612. The normalized spacial score (nSPS) is 12.8. The van der Waals surface area contributed by atoms with Gasteiger partial charge in [-0.2, -0.15) is 0 Å². The zero-order valence-electron chi connectivity index (χ0n) is 29.1. The van der Waals surface area contributed by atoms with Gasteiger partial charge in [-0.05, 0) is 79.5 Å². The standard InChI is InChI=1S/C49H36N2O2/c50-45-13-5-7-33-29-35(19-25-39(33)45)47(52)27-31-15-21-37(22-16-31)49(43-11-3-1-9-41(43)42-10-2-4-12-44(42)49)38-23-17-32(18-24-38)28-48(53)36-20-26-40-34(30-36)8-6-14-46(40)51/h1-26,29-30H,27-28,50-51H2. The number of Topliss-reactive ketones (excluding diaryl/α,β-unsaturated/α-hetero) is 2. The number of nitrogen functional groups attached to an aromatic ring is 2. The van der Waals surface area contributed by atoms with Crippen LogP contribution in [0.2, 0.25) is 0 Å². The van der Waals surface area contributed by atoms with Crippen LogP contribution in [-0.4, -0.2) is 11.6 Å². The molecule has 0 saturated heterocycles. The molecule has 0 unspecified atom stereocenters. The highest BCUT2D eigenvalue weighted by Crippen LogP contribution is 2.56. The molecule has 8 aromatic carbocycles. The number of nitrogens with two attached hydrogens (primary N) is 2. The van der Waals surface area contributed by atoms with Crippen LogP contribution in [0.25, 0.3) is 32.7 Å². The van der Waals surface area contributed by atoms with Crippen LogP contribution in [0, 0.1) is 0 Å². The quantitative estimate of drug-likeness (QED) is 0.123. The van der Waals surface area contributed by atoms with Crippen molar-refractivity contribution in [1.29, 1.82) is 0 Å². The monoisotopic (exact) mass is 684 g/mol. The molecule has 0 aromatic heterocycles. The summed E-state index contributed by atoms with van der Waals surface area (Å²) in [6.07, 6.45) is 0.586. The molecule has 0 saturated carbocycles. The lowest BCUT2D eigenvalue weighted by Crippen LogP contribution is -2.28. The van der Waals surface area contributed by atoms with E-state index >= 15 is 0 Å². The van der Waals surface area contributed by atoms with Crippen molar-refractivity contribution in [2.75, 3.05) is 11.5 Å². The molecule has 0 spiro atoms. The van der Waals surface area contributed by atoms with Crippen LogP contribution in [0.1, 0.15) is 54.1 Å².